The lowest BCUT2D eigenvalue weighted by molar-refractivity contribution is -0.136. The fourth-order valence-corrected chi connectivity index (χ4v) is 3.75. The molecule has 2 aliphatic heterocycles. The minimum Gasteiger partial charge on any atom is -0.453 e. The van der Waals surface area contributed by atoms with Gasteiger partial charge in [-0.25, -0.2) is 4.79 Å². The number of methoxy groups -OCH3 is 1. The maximum Gasteiger partial charge on any atom is 0.407 e. The molecule has 23 heavy (non-hydrogen) atoms. The van der Waals surface area contributed by atoms with E-state index in [0.717, 1.165) is 32.6 Å². The molecule has 132 valence electrons. The fraction of sp³-hybridized carbons (Fsp3) is 0.882. The van der Waals surface area contributed by atoms with Crippen LogP contribution >= 0.6 is 0 Å². The zero-order chi connectivity index (χ0) is 17.2. The Morgan fingerprint density at radius 2 is 2.00 bits per heavy atom. The molecule has 0 unspecified atom stereocenters. The molecule has 1 N–H and O–H groups in total. The third kappa shape index (κ3) is 3.79. The second kappa shape index (κ2) is 7.07. The van der Waals surface area contributed by atoms with Crippen molar-refractivity contribution in [2.24, 2.45) is 17.3 Å². The Bertz CT molecular complexity index is 444. The van der Waals surface area contributed by atoms with Crippen LogP contribution in [0.4, 0.5) is 4.79 Å². The van der Waals surface area contributed by atoms with Gasteiger partial charge in [0, 0.05) is 24.6 Å². The Morgan fingerprint density at radius 1 is 1.30 bits per heavy atom. The number of hydrogen-bond donors (Lipinski definition) is 1. The highest BCUT2D eigenvalue weighted by Gasteiger charge is 2.50. The van der Waals surface area contributed by atoms with Gasteiger partial charge in [-0.3, -0.25) is 4.79 Å². The average Bonchev–Trinajstić information content (AvgIpc) is 3.11. The molecule has 2 amide bonds. The number of hydrogen-bond acceptors (Lipinski definition) is 4. The Balaban J connectivity index is 2.18. The summed E-state index contributed by atoms with van der Waals surface area (Å²) in [6.07, 6.45) is 1.44. The predicted molar refractivity (Wildman–Crippen MR) is 87.0 cm³/mol. The number of ether oxygens (including phenoxy) is 2. The third-order valence-electron chi connectivity index (χ3n) is 5.18. The number of rotatable bonds is 4. The molecule has 0 aromatic carbocycles. The van der Waals surface area contributed by atoms with Crippen LogP contribution in [-0.4, -0.2) is 55.9 Å². The van der Waals surface area contributed by atoms with Gasteiger partial charge in [0.1, 0.15) is 6.04 Å². The van der Waals surface area contributed by atoms with Crippen molar-refractivity contribution >= 4 is 12.0 Å². The number of nitrogens with zero attached hydrogens (tertiary/aromatic N) is 1. The van der Waals surface area contributed by atoms with Crippen LogP contribution in [0.3, 0.4) is 0 Å². The summed E-state index contributed by atoms with van der Waals surface area (Å²) in [6.45, 7) is 10.4. The summed E-state index contributed by atoms with van der Waals surface area (Å²) in [5, 5.41) is 2.70. The minimum absolute atomic E-state index is 0.00536. The smallest absolute Gasteiger partial charge is 0.407 e. The minimum atomic E-state index is -0.559. The number of amides is 2. The molecule has 6 heteroatoms. The molecule has 3 atom stereocenters. The van der Waals surface area contributed by atoms with E-state index in [1.54, 1.807) is 0 Å². The second-order valence-electron chi connectivity index (χ2n) is 7.64. The first-order chi connectivity index (χ1) is 10.8. The van der Waals surface area contributed by atoms with Crippen molar-refractivity contribution in [3.8, 4) is 0 Å². The summed E-state index contributed by atoms with van der Waals surface area (Å²) in [5.41, 5.74) is 0.0946. The molecule has 0 aliphatic carbocycles. The fourth-order valence-electron chi connectivity index (χ4n) is 3.75. The molecule has 0 saturated carbocycles. The van der Waals surface area contributed by atoms with E-state index in [9.17, 15) is 9.59 Å². The van der Waals surface area contributed by atoms with E-state index in [1.165, 1.54) is 7.11 Å². The van der Waals surface area contributed by atoms with Gasteiger partial charge >= 0.3 is 6.09 Å². The van der Waals surface area contributed by atoms with Crippen LogP contribution < -0.4 is 5.32 Å². The van der Waals surface area contributed by atoms with Crippen LogP contribution in [0.1, 0.15) is 40.5 Å². The molecule has 2 saturated heterocycles. The van der Waals surface area contributed by atoms with E-state index in [2.05, 4.69) is 23.9 Å². The quantitative estimate of drug-likeness (QED) is 0.858. The maximum absolute atomic E-state index is 13.1. The molecule has 2 heterocycles. The van der Waals surface area contributed by atoms with Gasteiger partial charge in [-0.1, -0.05) is 27.7 Å². The molecule has 0 aromatic heterocycles. The SMILES string of the molecule is COC(=O)N[C@H](C(=O)N1C[C@]2(CCOC2)C[C@H]1C(C)C)C(C)C. The zero-order valence-corrected chi connectivity index (χ0v) is 14.9. The van der Waals surface area contributed by atoms with E-state index in [-0.39, 0.29) is 23.3 Å². The summed E-state index contributed by atoms with van der Waals surface area (Å²) in [5.74, 6) is 0.378. The van der Waals surface area contributed by atoms with E-state index >= 15 is 0 Å². The number of alkyl carbamates (subject to hydrolysis) is 1. The second-order valence-corrected chi connectivity index (χ2v) is 7.64. The molecule has 0 radical (unpaired) electrons. The summed E-state index contributed by atoms with van der Waals surface area (Å²) >= 11 is 0. The molecule has 2 aliphatic rings. The molecule has 6 nitrogen and oxygen atoms in total. The van der Waals surface area contributed by atoms with E-state index < -0.39 is 12.1 Å². The van der Waals surface area contributed by atoms with Crippen LogP contribution in [0.2, 0.25) is 0 Å². The normalized spacial score (nSPS) is 28.7. The first-order valence-corrected chi connectivity index (χ1v) is 8.52. The van der Waals surface area contributed by atoms with Gasteiger partial charge in [0.25, 0.3) is 0 Å². The lowest BCUT2D eigenvalue weighted by atomic mass is 9.83. The molecular formula is C17H30N2O4. The van der Waals surface area contributed by atoms with Gasteiger partial charge in [0.2, 0.25) is 5.91 Å². The first-order valence-electron chi connectivity index (χ1n) is 8.52. The van der Waals surface area contributed by atoms with Crippen LogP contribution in [0.25, 0.3) is 0 Å². The van der Waals surface area contributed by atoms with Crippen molar-refractivity contribution < 1.29 is 19.1 Å². The molecule has 1 spiro atoms. The Kier molecular flexibility index (Phi) is 5.55. The van der Waals surface area contributed by atoms with E-state index in [1.807, 2.05) is 18.7 Å². The van der Waals surface area contributed by atoms with Crippen LogP contribution in [-0.2, 0) is 14.3 Å². The highest BCUT2D eigenvalue weighted by molar-refractivity contribution is 5.86. The third-order valence-corrected chi connectivity index (χ3v) is 5.18. The lowest BCUT2D eigenvalue weighted by Gasteiger charge is -2.32. The predicted octanol–water partition coefficient (Wildman–Crippen LogP) is 2.03. The van der Waals surface area contributed by atoms with Crippen molar-refractivity contribution in [3.63, 3.8) is 0 Å². The van der Waals surface area contributed by atoms with Crippen LogP contribution in [0.15, 0.2) is 0 Å². The molecular weight excluding hydrogens is 296 g/mol. The van der Waals surface area contributed by atoms with Crippen molar-refractivity contribution in [1.82, 2.24) is 10.2 Å². The first kappa shape index (κ1) is 18.0. The highest BCUT2D eigenvalue weighted by atomic mass is 16.5. The molecule has 0 bridgehead atoms. The lowest BCUT2D eigenvalue weighted by Crippen LogP contribution is -2.53. The number of carbonyl (C=O) groups excluding carboxylic acids is 2. The summed E-state index contributed by atoms with van der Waals surface area (Å²) in [6, 6.07) is -0.355. The topological polar surface area (TPSA) is 67.9 Å². The summed E-state index contributed by atoms with van der Waals surface area (Å²) in [7, 11) is 1.31. The Morgan fingerprint density at radius 3 is 2.48 bits per heavy atom. The Labute approximate surface area is 138 Å². The van der Waals surface area contributed by atoms with Crippen LogP contribution in [0.5, 0.6) is 0 Å². The van der Waals surface area contributed by atoms with Gasteiger partial charge in [0.15, 0.2) is 0 Å². The summed E-state index contributed by atoms with van der Waals surface area (Å²) in [4.78, 5) is 26.7. The highest BCUT2D eigenvalue weighted by Crippen LogP contribution is 2.43. The van der Waals surface area contributed by atoms with Crippen LogP contribution in [0, 0.1) is 17.3 Å². The van der Waals surface area contributed by atoms with Gasteiger partial charge in [-0.05, 0) is 24.7 Å². The largest absolute Gasteiger partial charge is 0.453 e. The number of carbonyl (C=O) groups is 2. The zero-order valence-electron chi connectivity index (χ0n) is 14.9. The number of nitrogens with one attached hydrogen (secondary N) is 1. The number of likely N-dealkylation sites (tertiary alicyclic amines) is 1. The van der Waals surface area contributed by atoms with Crippen molar-refractivity contribution in [3.05, 3.63) is 0 Å². The van der Waals surface area contributed by atoms with Crippen molar-refractivity contribution in [1.29, 1.82) is 0 Å². The average molecular weight is 326 g/mol. The van der Waals surface area contributed by atoms with E-state index in [0.29, 0.717) is 5.92 Å². The monoisotopic (exact) mass is 326 g/mol. The van der Waals surface area contributed by atoms with Gasteiger partial charge in [0.05, 0.1) is 13.7 Å². The van der Waals surface area contributed by atoms with Gasteiger partial charge in [-0.2, -0.15) is 0 Å². The van der Waals surface area contributed by atoms with Crippen molar-refractivity contribution in [2.75, 3.05) is 26.9 Å². The van der Waals surface area contributed by atoms with Gasteiger partial charge in [-0.15, -0.1) is 0 Å². The molecule has 2 fully saturated rings. The summed E-state index contributed by atoms with van der Waals surface area (Å²) < 4.78 is 10.3. The molecule has 2 rings (SSSR count). The maximum atomic E-state index is 13.1. The standard InChI is InChI=1S/C17H30N2O4/c1-11(2)13-8-17(6-7-23-10-17)9-19(13)15(20)14(12(3)4)18-16(21)22-5/h11-14H,6-10H2,1-5H3,(H,18,21)/t13-,14-,17-/m0/s1. The Hall–Kier alpha value is -1.30. The molecule has 0 aromatic rings. The van der Waals surface area contributed by atoms with E-state index in [4.69, 9.17) is 4.74 Å². The van der Waals surface area contributed by atoms with Crippen molar-refractivity contribution in [2.45, 2.75) is 52.6 Å². The van der Waals surface area contributed by atoms with Gasteiger partial charge < -0.3 is 19.7 Å².